The molecule has 1 unspecified atom stereocenters. The van der Waals surface area contributed by atoms with Crippen molar-refractivity contribution in [1.82, 2.24) is 16.0 Å². The lowest BCUT2D eigenvalue weighted by Gasteiger charge is -2.22. The van der Waals surface area contributed by atoms with Gasteiger partial charge in [0, 0.05) is 13.6 Å². The summed E-state index contributed by atoms with van der Waals surface area (Å²) in [6.07, 6.45) is 1.64. The third kappa shape index (κ3) is 2.11. The van der Waals surface area contributed by atoms with E-state index >= 15 is 0 Å². The van der Waals surface area contributed by atoms with Crippen molar-refractivity contribution in [3.05, 3.63) is 0 Å². The third-order valence-corrected chi connectivity index (χ3v) is 1.82. The lowest BCUT2D eigenvalue weighted by molar-refractivity contribution is -0.124. The van der Waals surface area contributed by atoms with Gasteiger partial charge < -0.3 is 16.0 Å². The molecule has 0 aromatic rings. The Hall–Kier alpha value is -1.26. The molecule has 1 saturated heterocycles. The van der Waals surface area contributed by atoms with Gasteiger partial charge in [-0.3, -0.25) is 4.79 Å². The van der Waals surface area contributed by atoms with E-state index in [0.717, 1.165) is 12.8 Å². The lowest BCUT2D eigenvalue weighted by atomic mass is 10.1. The maximum atomic E-state index is 11.1. The van der Waals surface area contributed by atoms with Crippen molar-refractivity contribution >= 4 is 11.9 Å². The summed E-state index contributed by atoms with van der Waals surface area (Å²) >= 11 is 0. The quantitative estimate of drug-likeness (QED) is 0.483. The highest BCUT2D eigenvalue weighted by molar-refractivity contribution is 5.87. The molecule has 1 fully saturated rings. The topological polar surface area (TPSA) is 70.2 Å². The number of piperidine rings is 1. The molecule has 5 nitrogen and oxygen atoms in total. The maximum absolute atomic E-state index is 11.1. The molecule has 1 aliphatic heterocycles. The van der Waals surface area contributed by atoms with E-state index in [1.807, 2.05) is 0 Å². The predicted octanol–water partition coefficient (Wildman–Crippen LogP) is -0.806. The Kier molecular flexibility index (Phi) is 2.90. The van der Waals surface area contributed by atoms with Gasteiger partial charge in [-0.05, 0) is 12.8 Å². The number of carbonyl (C=O) groups is 2. The molecule has 3 amide bonds. The van der Waals surface area contributed by atoms with Crippen LogP contribution >= 0.6 is 0 Å². The molecule has 0 radical (unpaired) electrons. The van der Waals surface area contributed by atoms with Gasteiger partial charge in [-0.15, -0.1) is 0 Å². The van der Waals surface area contributed by atoms with Gasteiger partial charge in [0.25, 0.3) is 0 Å². The van der Waals surface area contributed by atoms with Crippen molar-refractivity contribution < 1.29 is 9.59 Å². The third-order valence-electron chi connectivity index (χ3n) is 1.82. The first-order chi connectivity index (χ1) is 5.74. The van der Waals surface area contributed by atoms with E-state index in [9.17, 15) is 9.59 Å². The van der Waals surface area contributed by atoms with Gasteiger partial charge in [0.2, 0.25) is 5.91 Å². The van der Waals surface area contributed by atoms with E-state index < -0.39 is 0 Å². The lowest BCUT2D eigenvalue weighted by Crippen LogP contribution is -2.52. The number of carbonyl (C=O) groups excluding carboxylic acids is 2. The van der Waals surface area contributed by atoms with Crippen LogP contribution in [-0.4, -0.2) is 31.6 Å². The number of nitrogens with one attached hydrogen (secondary N) is 3. The molecule has 0 aromatic carbocycles. The number of rotatable bonds is 1. The van der Waals surface area contributed by atoms with Gasteiger partial charge in [-0.25, -0.2) is 4.79 Å². The van der Waals surface area contributed by atoms with Gasteiger partial charge in [0.15, 0.2) is 0 Å². The summed E-state index contributed by atoms with van der Waals surface area (Å²) in [4.78, 5) is 21.9. The fourth-order valence-corrected chi connectivity index (χ4v) is 1.14. The zero-order valence-electron chi connectivity index (χ0n) is 7.02. The van der Waals surface area contributed by atoms with E-state index in [1.54, 1.807) is 0 Å². The highest BCUT2D eigenvalue weighted by Gasteiger charge is 2.22. The van der Waals surface area contributed by atoms with Crippen LogP contribution in [0.15, 0.2) is 0 Å². The van der Waals surface area contributed by atoms with Gasteiger partial charge >= 0.3 is 6.03 Å². The summed E-state index contributed by atoms with van der Waals surface area (Å²) in [5.74, 6) is -0.0927. The molecular weight excluding hydrogens is 158 g/mol. The van der Waals surface area contributed by atoms with Crippen LogP contribution in [0.1, 0.15) is 12.8 Å². The van der Waals surface area contributed by atoms with E-state index in [0.29, 0.717) is 6.54 Å². The van der Waals surface area contributed by atoms with Gasteiger partial charge in [-0.1, -0.05) is 0 Å². The Morgan fingerprint density at radius 3 is 3.00 bits per heavy atom. The van der Waals surface area contributed by atoms with Gasteiger partial charge in [0.1, 0.15) is 6.04 Å². The first-order valence-corrected chi connectivity index (χ1v) is 4.00. The molecule has 1 aliphatic rings. The summed E-state index contributed by atoms with van der Waals surface area (Å²) in [6, 6.07) is -0.671. The summed E-state index contributed by atoms with van der Waals surface area (Å²) in [5, 5.41) is 7.64. The minimum absolute atomic E-state index is 0.0927. The number of hydrogen-bond acceptors (Lipinski definition) is 2. The van der Waals surface area contributed by atoms with E-state index in [1.165, 1.54) is 7.05 Å². The average molecular weight is 171 g/mol. The van der Waals surface area contributed by atoms with Crippen LogP contribution in [0.3, 0.4) is 0 Å². The second-order valence-electron chi connectivity index (χ2n) is 2.71. The smallest absolute Gasteiger partial charge is 0.315 e. The minimum atomic E-state index is -0.362. The van der Waals surface area contributed by atoms with Crippen molar-refractivity contribution in [1.29, 1.82) is 0 Å². The molecule has 68 valence electrons. The molecule has 0 saturated carbocycles. The van der Waals surface area contributed by atoms with Crippen molar-refractivity contribution in [2.75, 3.05) is 13.6 Å². The van der Waals surface area contributed by atoms with Crippen molar-refractivity contribution in [2.24, 2.45) is 0 Å². The second kappa shape index (κ2) is 3.94. The Labute approximate surface area is 70.9 Å². The Balaban J connectivity index is 2.39. The minimum Gasteiger partial charge on any atom is -0.354 e. The monoisotopic (exact) mass is 171 g/mol. The van der Waals surface area contributed by atoms with Crippen molar-refractivity contribution in [3.8, 4) is 0 Å². The first-order valence-electron chi connectivity index (χ1n) is 4.00. The highest BCUT2D eigenvalue weighted by atomic mass is 16.2. The SMILES string of the molecule is CNC(=O)NC1CCCNC1=O. The largest absolute Gasteiger partial charge is 0.354 e. The second-order valence-corrected chi connectivity index (χ2v) is 2.71. The first kappa shape index (κ1) is 8.83. The van der Waals surface area contributed by atoms with Crippen molar-refractivity contribution in [2.45, 2.75) is 18.9 Å². The molecule has 1 heterocycles. The Morgan fingerprint density at radius 2 is 2.42 bits per heavy atom. The highest BCUT2D eigenvalue weighted by Crippen LogP contribution is 2.01. The fourth-order valence-electron chi connectivity index (χ4n) is 1.14. The predicted molar refractivity (Wildman–Crippen MR) is 43.6 cm³/mol. The summed E-state index contributed by atoms with van der Waals surface area (Å²) < 4.78 is 0. The van der Waals surface area contributed by atoms with Crippen LogP contribution in [-0.2, 0) is 4.79 Å². The molecular formula is C7H13N3O2. The Morgan fingerprint density at radius 1 is 1.67 bits per heavy atom. The maximum Gasteiger partial charge on any atom is 0.315 e. The van der Waals surface area contributed by atoms with Gasteiger partial charge in [-0.2, -0.15) is 0 Å². The van der Waals surface area contributed by atoms with Gasteiger partial charge in [0.05, 0.1) is 0 Å². The normalized spacial score (nSPS) is 22.8. The van der Waals surface area contributed by atoms with Crippen LogP contribution < -0.4 is 16.0 Å². The molecule has 0 aromatic heterocycles. The molecule has 0 spiro atoms. The van der Waals surface area contributed by atoms with Crippen LogP contribution in [0.2, 0.25) is 0 Å². The molecule has 12 heavy (non-hydrogen) atoms. The summed E-state index contributed by atoms with van der Waals surface area (Å²) in [7, 11) is 1.52. The van der Waals surface area contributed by atoms with Crippen LogP contribution in [0.25, 0.3) is 0 Å². The molecule has 5 heteroatoms. The zero-order valence-corrected chi connectivity index (χ0v) is 7.02. The van der Waals surface area contributed by atoms with Crippen LogP contribution in [0.5, 0.6) is 0 Å². The Bertz CT molecular complexity index is 193. The molecule has 0 aliphatic carbocycles. The number of urea groups is 1. The van der Waals surface area contributed by atoms with Crippen LogP contribution in [0.4, 0.5) is 4.79 Å². The number of hydrogen-bond donors (Lipinski definition) is 3. The van der Waals surface area contributed by atoms with E-state index in [-0.39, 0.29) is 18.0 Å². The molecule has 3 N–H and O–H groups in total. The number of amides is 3. The summed E-state index contributed by atoms with van der Waals surface area (Å²) in [5.41, 5.74) is 0. The van der Waals surface area contributed by atoms with E-state index in [4.69, 9.17) is 0 Å². The molecule has 1 rings (SSSR count). The fraction of sp³-hybridized carbons (Fsp3) is 0.714. The van der Waals surface area contributed by atoms with E-state index in [2.05, 4.69) is 16.0 Å². The molecule has 1 atom stereocenters. The van der Waals surface area contributed by atoms with Crippen LogP contribution in [0, 0.1) is 0 Å². The summed E-state index contributed by atoms with van der Waals surface area (Å²) in [6.45, 7) is 0.713. The van der Waals surface area contributed by atoms with Crippen molar-refractivity contribution in [3.63, 3.8) is 0 Å². The standard InChI is InChI=1S/C7H13N3O2/c1-8-7(12)10-5-3-2-4-9-6(5)11/h5H,2-4H2,1H3,(H,9,11)(H2,8,10,12). The molecule has 0 bridgehead atoms. The zero-order chi connectivity index (χ0) is 8.97. The average Bonchev–Trinajstić information content (AvgIpc) is 2.09.